The third-order valence-electron chi connectivity index (χ3n) is 5.31. The SMILES string of the molecule is C[C@H](NC(=O)CO)[C@@H](Cc1ccccc1)Oc1ccc2[nH]nc(-c3ccc(F)cc3)c2c1. The summed E-state index contributed by atoms with van der Waals surface area (Å²) < 4.78 is 19.6. The summed E-state index contributed by atoms with van der Waals surface area (Å²) in [5.74, 6) is -0.142. The first-order chi connectivity index (χ1) is 15.5. The van der Waals surface area contributed by atoms with Crippen molar-refractivity contribution in [3.8, 4) is 17.0 Å². The number of H-pyrrole nitrogens is 1. The Kier molecular flexibility index (Phi) is 6.47. The molecule has 0 unspecified atom stereocenters. The molecular weight excluding hydrogens is 409 g/mol. The summed E-state index contributed by atoms with van der Waals surface area (Å²) >= 11 is 0. The first-order valence-electron chi connectivity index (χ1n) is 10.4. The fourth-order valence-electron chi connectivity index (χ4n) is 3.63. The van der Waals surface area contributed by atoms with Gasteiger partial charge in [0.2, 0.25) is 5.91 Å². The lowest BCUT2D eigenvalue weighted by Gasteiger charge is -2.26. The molecule has 0 aliphatic heterocycles. The summed E-state index contributed by atoms with van der Waals surface area (Å²) in [7, 11) is 0. The average Bonchev–Trinajstić information content (AvgIpc) is 3.23. The van der Waals surface area contributed by atoms with Crippen LogP contribution in [-0.2, 0) is 11.2 Å². The van der Waals surface area contributed by atoms with Crippen molar-refractivity contribution in [3.63, 3.8) is 0 Å². The number of hydrogen-bond acceptors (Lipinski definition) is 4. The Morgan fingerprint density at radius 2 is 1.88 bits per heavy atom. The quantitative estimate of drug-likeness (QED) is 0.394. The van der Waals surface area contributed by atoms with E-state index in [1.54, 1.807) is 12.1 Å². The molecule has 3 aromatic carbocycles. The average molecular weight is 433 g/mol. The van der Waals surface area contributed by atoms with Gasteiger partial charge in [0, 0.05) is 17.4 Å². The zero-order valence-electron chi connectivity index (χ0n) is 17.6. The first kappa shape index (κ1) is 21.5. The van der Waals surface area contributed by atoms with Gasteiger partial charge in [-0.3, -0.25) is 9.89 Å². The van der Waals surface area contributed by atoms with E-state index in [1.165, 1.54) is 12.1 Å². The minimum atomic E-state index is -0.579. The number of nitrogens with one attached hydrogen (secondary N) is 2. The molecule has 0 fully saturated rings. The zero-order valence-corrected chi connectivity index (χ0v) is 17.6. The van der Waals surface area contributed by atoms with E-state index < -0.39 is 12.5 Å². The van der Waals surface area contributed by atoms with Crippen LogP contribution < -0.4 is 10.1 Å². The van der Waals surface area contributed by atoms with Gasteiger partial charge in [0.05, 0.1) is 11.6 Å². The Morgan fingerprint density at radius 1 is 1.12 bits per heavy atom. The number of halogens is 1. The van der Waals surface area contributed by atoms with Crippen molar-refractivity contribution in [2.45, 2.75) is 25.5 Å². The number of fused-ring (bicyclic) bond motifs is 1. The molecule has 0 aliphatic rings. The van der Waals surface area contributed by atoms with Crippen LogP contribution >= 0.6 is 0 Å². The number of carbonyl (C=O) groups is 1. The van der Waals surface area contributed by atoms with E-state index in [4.69, 9.17) is 9.84 Å². The number of benzene rings is 3. The topological polar surface area (TPSA) is 87.2 Å². The Morgan fingerprint density at radius 3 is 2.59 bits per heavy atom. The van der Waals surface area contributed by atoms with Crippen LogP contribution in [0.2, 0.25) is 0 Å². The maximum atomic E-state index is 13.3. The number of aliphatic hydroxyl groups excluding tert-OH is 1. The number of amides is 1. The molecule has 1 aromatic heterocycles. The minimum absolute atomic E-state index is 0.305. The van der Waals surface area contributed by atoms with E-state index in [0.29, 0.717) is 17.9 Å². The van der Waals surface area contributed by atoms with E-state index in [1.807, 2.05) is 55.5 Å². The van der Waals surface area contributed by atoms with Crippen LogP contribution in [0.3, 0.4) is 0 Å². The van der Waals surface area contributed by atoms with Gasteiger partial charge in [0.1, 0.15) is 30.0 Å². The van der Waals surface area contributed by atoms with E-state index in [-0.39, 0.29) is 18.0 Å². The highest BCUT2D eigenvalue weighted by Crippen LogP contribution is 2.30. The van der Waals surface area contributed by atoms with Gasteiger partial charge < -0.3 is 15.2 Å². The summed E-state index contributed by atoms with van der Waals surface area (Å²) in [6.07, 6.45) is 0.202. The van der Waals surface area contributed by atoms with E-state index in [0.717, 1.165) is 22.0 Å². The highest BCUT2D eigenvalue weighted by atomic mass is 19.1. The van der Waals surface area contributed by atoms with Gasteiger partial charge >= 0.3 is 0 Å². The molecule has 3 N–H and O–H groups in total. The molecule has 0 bridgehead atoms. The first-order valence-corrected chi connectivity index (χ1v) is 10.4. The number of carbonyl (C=O) groups excluding carboxylic acids is 1. The number of nitrogens with zero attached hydrogens (tertiary/aromatic N) is 1. The lowest BCUT2D eigenvalue weighted by atomic mass is 10.0. The number of rotatable bonds is 8. The molecule has 0 radical (unpaired) electrons. The minimum Gasteiger partial charge on any atom is -0.488 e. The van der Waals surface area contributed by atoms with E-state index in [9.17, 15) is 9.18 Å². The molecule has 7 heteroatoms. The molecule has 164 valence electrons. The number of ether oxygens (including phenoxy) is 1. The molecular formula is C25H24FN3O3. The molecule has 1 heterocycles. The predicted molar refractivity (Wildman–Crippen MR) is 121 cm³/mol. The van der Waals surface area contributed by atoms with Crippen molar-refractivity contribution in [2.24, 2.45) is 0 Å². The molecule has 4 aromatic rings. The molecule has 0 aliphatic carbocycles. The fourth-order valence-corrected chi connectivity index (χ4v) is 3.63. The fraction of sp³-hybridized carbons (Fsp3) is 0.200. The number of hydrogen-bond donors (Lipinski definition) is 3. The molecule has 2 atom stereocenters. The molecule has 32 heavy (non-hydrogen) atoms. The van der Waals surface area contributed by atoms with Gasteiger partial charge in [-0.15, -0.1) is 0 Å². The summed E-state index contributed by atoms with van der Waals surface area (Å²) in [6, 6.07) is 21.3. The predicted octanol–water partition coefficient (Wildman–Crippen LogP) is 3.86. The monoisotopic (exact) mass is 433 g/mol. The zero-order chi connectivity index (χ0) is 22.5. The van der Waals surface area contributed by atoms with Crippen LogP contribution in [0, 0.1) is 5.82 Å². The highest BCUT2D eigenvalue weighted by Gasteiger charge is 2.22. The van der Waals surface area contributed by atoms with Crippen LogP contribution in [0.15, 0.2) is 72.8 Å². The van der Waals surface area contributed by atoms with Gasteiger partial charge in [-0.05, 0) is 55.0 Å². The van der Waals surface area contributed by atoms with Crippen molar-refractivity contribution in [1.82, 2.24) is 15.5 Å². The molecule has 4 rings (SSSR count). The van der Waals surface area contributed by atoms with Crippen molar-refractivity contribution in [3.05, 3.63) is 84.2 Å². The lowest BCUT2D eigenvalue weighted by Crippen LogP contribution is -2.46. The summed E-state index contributed by atoms with van der Waals surface area (Å²) in [4.78, 5) is 11.7. The van der Waals surface area contributed by atoms with Crippen molar-refractivity contribution in [2.75, 3.05) is 6.61 Å². The van der Waals surface area contributed by atoms with Crippen LogP contribution in [0.5, 0.6) is 5.75 Å². The van der Waals surface area contributed by atoms with Crippen LogP contribution in [0.25, 0.3) is 22.2 Å². The Labute approximate surface area is 185 Å². The molecule has 0 spiro atoms. The Hall–Kier alpha value is -3.71. The largest absolute Gasteiger partial charge is 0.488 e. The standard InChI is InChI=1S/C25H24FN3O3/c1-16(27-24(31)15-30)23(13-17-5-3-2-4-6-17)32-20-11-12-22-21(14-20)25(29-28-22)18-7-9-19(26)10-8-18/h2-12,14,16,23,30H,13,15H2,1H3,(H,27,31)(H,28,29)/t16-,23+/m0/s1. The normalized spacial score (nSPS) is 13.0. The highest BCUT2D eigenvalue weighted by molar-refractivity contribution is 5.93. The molecule has 1 amide bonds. The summed E-state index contributed by atoms with van der Waals surface area (Å²) in [5.41, 5.74) is 3.39. The number of aromatic amines is 1. The maximum Gasteiger partial charge on any atom is 0.246 e. The van der Waals surface area contributed by atoms with Gasteiger partial charge in [0.15, 0.2) is 0 Å². The smallest absolute Gasteiger partial charge is 0.246 e. The second-order valence-corrected chi connectivity index (χ2v) is 7.65. The molecule has 0 saturated carbocycles. The number of aromatic nitrogens is 2. The molecule has 6 nitrogen and oxygen atoms in total. The second-order valence-electron chi connectivity index (χ2n) is 7.65. The third kappa shape index (κ3) is 4.95. The third-order valence-corrected chi connectivity index (χ3v) is 5.31. The maximum absolute atomic E-state index is 13.3. The van der Waals surface area contributed by atoms with Gasteiger partial charge in [-0.25, -0.2) is 4.39 Å². The van der Waals surface area contributed by atoms with Crippen LogP contribution in [0.4, 0.5) is 4.39 Å². The van der Waals surface area contributed by atoms with Crippen LogP contribution in [0.1, 0.15) is 12.5 Å². The van der Waals surface area contributed by atoms with Gasteiger partial charge in [-0.1, -0.05) is 30.3 Å². The van der Waals surface area contributed by atoms with Gasteiger partial charge in [-0.2, -0.15) is 5.10 Å². The van der Waals surface area contributed by atoms with E-state index >= 15 is 0 Å². The Bertz CT molecular complexity index is 1190. The van der Waals surface area contributed by atoms with E-state index in [2.05, 4.69) is 15.5 Å². The van der Waals surface area contributed by atoms with Crippen LogP contribution in [-0.4, -0.2) is 40.0 Å². The summed E-state index contributed by atoms with van der Waals surface area (Å²) in [5, 5.41) is 20.1. The second kappa shape index (κ2) is 9.62. The van der Waals surface area contributed by atoms with Crippen molar-refractivity contribution >= 4 is 16.8 Å². The summed E-state index contributed by atoms with van der Waals surface area (Å²) in [6.45, 7) is 1.27. The number of aliphatic hydroxyl groups is 1. The van der Waals surface area contributed by atoms with Crippen molar-refractivity contribution in [1.29, 1.82) is 0 Å². The van der Waals surface area contributed by atoms with Crippen molar-refractivity contribution < 1.29 is 19.0 Å². The van der Waals surface area contributed by atoms with Gasteiger partial charge in [0.25, 0.3) is 0 Å². The lowest BCUT2D eigenvalue weighted by molar-refractivity contribution is -0.125. The molecule has 0 saturated heterocycles. The Balaban J connectivity index is 1.63.